The molecule has 0 spiro atoms. The second-order valence-corrected chi connectivity index (χ2v) is 8.20. The Morgan fingerprint density at radius 3 is 2.32 bits per heavy atom. The molecule has 0 bridgehead atoms. The highest BCUT2D eigenvalue weighted by Gasteiger charge is 2.26. The van der Waals surface area contributed by atoms with Crippen LogP contribution in [0, 0.1) is 32.5 Å². The molecule has 2 aromatic carbocycles. The van der Waals surface area contributed by atoms with E-state index >= 15 is 0 Å². The number of hydrogen-bond acceptors (Lipinski definition) is 2. The van der Waals surface area contributed by atoms with Crippen molar-refractivity contribution in [1.29, 1.82) is 0 Å². The minimum atomic E-state index is -0.202. The molecule has 3 nitrogen and oxygen atoms in total. The summed E-state index contributed by atoms with van der Waals surface area (Å²) in [5.74, 6) is 0.0255. The summed E-state index contributed by atoms with van der Waals surface area (Å²) >= 11 is 0. The number of likely N-dealkylation sites (tertiary alicyclic amines) is 1. The number of nitrogens with zero attached hydrogens (tertiary/aromatic N) is 1. The molecule has 4 heteroatoms. The molecule has 1 fully saturated rings. The van der Waals surface area contributed by atoms with Crippen molar-refractivity contribution in [3.63, 3.8) is 0 Å². The Bertz CT molecular complexity index is 823. The molecule has 1 aliphatic heterocycles. The molecular formula is C24H31FN2O. The molecule has 1 heterocycles. The average molecular weight is 383 g/mol. The topological polar surface area (TPSA) is 32.3 Å². The number of nitrogens with one attached hydrogen (secondary N) is 1. The molecule has 0 radical (unpaired) electrons. The van der Waals surface area contributed by atoms with Crippen LogP contribution in [-0.4, -0.2) is 23.9 Å². The number of amides is 1. The van der Waals surface area contributed by atoms with Crippen LogP contribution >= 0.6 is 0 Å². The van der Waals surface area contributed by atoms with Gasteiger partial charge in [0.15, 0.2) is 0 Å². The van der Waals surface area contributed by atoms with Crippen molar-refractivity contribution >= 4 is 5.91 Å². The van der Waals surface area contributed by atoms with Gasteiger partial charge in [-0.05, 0) is 93.6 Å². The predicted molar refractivity (Wildman–Crippen MR) is 112 cm³/mol. The van der Waals surface area contributed by atoms with Crippen LogP contribution < -0.4 is 5.32 Å². The lowest BCUT2D eigenvalue weighted by atomic mass is 9.93. The summed E-state index contributed by atoms with van der Waals surface area (Å²) in [5.41, 5.74) is 6.09. The van der Waals surface area contributed by atoms with E-state index in [1.54, 1.807) is 0 Å². The van der Waals surface area contributed by atoms with E-state index in [0.29, 0.717) is 0 Å². The number of benzene rings is 2. The fourth-order valence-corrected chi connectivity index (χ4v) is 4.06. The van der Waals surface area contributed by atoms with E-state index in [9.17, 15) is 9.18 Å². The highest BCUT2D eigenvalue weighted by Crippen LogP contribution is 2.24. The lowest BCUT2D eigenvalue weighted by Crippen LogP contribution is -2.41. The molecule has 1 amide bonds. The number of aryl methyl sites for hydroxylation is 3. The van der Waals surface area contributed by atoms with Crippen molar-refractivity contribution in [3.05, 3.63) is 70.0 Å². The number of carbonyl (C=O) groups excluding carboxylic acids is 1. The quantitative estimate of drug-likeness (QED) is 0.802. The minimum absolute atomic E-state index is 0.0176. The van der Waals surface area contributed by atoms with E-state index in [0.717, 1.165) is 38.0 Å². The molecule has 0 aliphatic carbocycles. The van der Waals surface area contributed by atoms with Gasteiger partial charge in [0.25, 0.3) is 0 Å². The van der Waals surface area contributed by atoms with Gasteiger partial charge in [0.1, 0.15) is 5.82 Å². The summed E-state index contributed by atoms with van der Waals surface area (Å²) in [5, 5.41) is 3.23. The van der Waals surface area contributed by atoms with Gasteiger partial charge < -0.3 is 5.32 Å². The predicted octanol–water partition coefficient (Wildman–Crippen LogP) is 4.84. The molecule has 1 N–H and O–H groups in total. The Morgan fingerprint density at radius 2 is 1.68 bits per heavy atom. The summed E-state index contributed by atoms with van der Waals surface area (Å²) in [6.07, 6.45) is 1.73. The van der Waals surface area contributed by atoms with Crippen LogP contribution in [0.15, 0.2) is 36.4 Å². The summed E-state index contributed by atoms with van der Waals surface area (Å²) in [6, 6.07) is 11.1. The molecule has 0 aromatic heterocycles. The van der Waals surface area contributed by atoms with Gasteiger partial charge in [0.05, 0.1) is 6.04 Å². The van der Waals surface area contributed by atoms with Gasteiger partial charge in [-0.15, -0.1) is 0 Å². The van der Waals surface area contributed by atoms with Gasteiger partial charge in [-0.3, -0.25) is 9.69 Å². The average Bonchev–Trinajstić information content (AvgIpc) is 2.67. The largest absolute Gasteiger partial charge is 0.349 e. The third-order valence-corrected chi connectivity index (χ3v) is 5.99. The molecule has 3 rings (SSSR count). The van der Waals surface area contributed by atoms with Crippen molar-refractivity contribution in [3.8, 4) is 0 Å². The molecule has 2 aromatic rings. The van der Waals surface area contributed by atoms with Crippen molar-refractivity contribution in [2.75, 3.05) is 13.1 Å². The fourth-order valence-electron chi connectivity index (χ4n) is 4.06. The van der Waals surface area contributed by atoms with Gasteiger partial charge in [0, 0.05) is 12.5 Å². The Hall–Kier alpha value is -2.20. The molecule has 1 unspecified atom stereocenters. The minimum Gasteiger partial charge on any atom is -0.349 e. The van der Waals surface area contributed by atoms with Crippen LogP contribution in [0.4, 0.5) is 4.39 Å². The highest BCUT2D eigenvalue weighted by atomic mass is 19.1. The monoisotopic (exact) mass is 382 g/mol. The van der Waals surface area contributed by atoms with E-state index in [1.807, 2.05) is 12.1 Å². The zero-order valence-corrected chi connectivity index (χ0v) is 17.4. The number of hydrogen-bond donors (Lipinski definition) is 1. The molecule has 0 saturated carbocycles. The van der Waals surface area contributed by atoms with Crippen molar-refractivity contribution < 1.29 is 9.18 Å². The number of piperidine rings is 1. The third-order valence-electron chi connectivity index (χ3n) is 5.99. The van der Waals surface area contributed by atoms with Crippen LogP contribution in [0.1, 0.15) is 53.6 Å². The van der Waals surface area contributed by atoms with Crippen molar-refractivity contribution in [1.82, 2.24) is 10.2 Å². The molecule has 1 atom stereocenters. The first kappa shape index (κ1) is 20.5. The zero-order chi connectivity index (χ0) is 20.3. The van der Waals surface area contributed by atoms with Gasteiger partial charge in [0.2, 0.25) is 5.91 Å². The van der Waals surface area contributed by atoms with E-state index < -0.39 is 0 Å². The summed E-state index contributed by atoms with van der Waals surface area (Å²) in [6.45, 7) is 11.0. The van der Waals surface area contributed by atoms with E-state index in [2.05, 4.69) is 50.0 Å². The molecule has 150 valence electrons. The molecular weight excluding hydrogens is 351 g/mol. The van der Waals surface area contributed by atoms with E-state index in [-0.39, 0.29) is 23.7 Å². The third kappa shape index (κ3) is 4.99. The Balaban J connectivity index is 1.52. The Kier molecular flexibility index (Phi) is 6.50. The van der Waals surface area contributed by atoms with Crippen LogP contribution in [0.3, 0.4) is 0 Å². The van der Waals surface area contributed by atoms with E-state index in [1.165, 1.54) is 34.4 Å². The van der Waals surface area contributed by atoms with E-state index in [4.69, 9.17) is 0 Å². The maximum atomic E-state index is 13.0. The summed E-state index contributed by atoms with van der Waals surface area (Å²) in [4.78, 5) is 15.1. The lowest BCUT2D eigenvalue weighted by molar-refractivity contribution is -0.127. The first-order chi connectivity index (χ1) is 13.3. The standard InChI is InChI=1S/C24H31FN2O/c1-16-13-18(3)23(14-17(16)2)19(4)26-24(28)21-9-11-27(12-10-21)15-20-5-7-22(25)8-6-20/h5-8,13-14,19,21H,9-12,15H2,1-4H3,(H,26,28). The molecule has 1 saturated heterocycles. The lowest BCUT2D eigenvalue weighted by Gasteiger charge is -2.32. The highest BCUT2D eigenvalue weighted by molar-refractivity contribution is 5.79. The first-order valence-corrected chi connectivity index (χ1v) is 10.2. The van der Waals surface area contributed by atoms with Crippen LogP contribution in [-0.2, 0) is 11.3 Å². The molecule has 1 aliphatic rings. The second-order valence-electron chi connectivity index (χ2n) is 8.20. The zero-order valence-electron chi connectivity index (χ0n) is 17.4. The molecule has 28 heavy (non-hydrogen) atoms. The number of rotatable bonds is 5. The van der Waals surface area contributed by atoms with Crippen LogP contribution in [0.25, 0.3) is 0 Å². The maximum Gasteiger partial charge on any atom is 0.223 e. The number of carbonyl (C=O) groups is 1. The smallest absolute Gasteiger partial charge is 0.223 e. The van der Waals surface area contributed by atoms with Crippen molar-refractivity contribution in [2.45, 2.75) is 53.1 Å². The van der Waals surface area contributed by atoms with Crippen molar-refractivity contribution in [2.24, 2.45) is 5.92 Å². The summed E-state index contributed by atoms with van der Waals surface area (Å²) in [7, 11) is 0. The van der Waals surface area contributed by atoms with Gasteiger partial charge in [-0.25, -0.2) is 4.39 Å². The SMILES string of the molecule is Cc1cc(C)c(C(C)NC(=O)C2CCN(Cc3ccc(F)cc3)CC2)cc1C. The summed E-state index contributed by atoms with van der Waals surface area (Å²) < 4.78 is 13.0. The fraction of sp³-hybridized carbons (Fsp3) is 0.458. The van der Waals surface area contributed by atoms with Gasteiger partial charge in [-0.2, -0.15) is 0 Å². The Labute approximate surface area is 167 Å². The second kappa shape index (κ2) is 8.87. The maximum absolute atomic E-state index is 13.0. The van der Waals surface area contributed by atoms with Crippen LogP contribution in [0.5, 0.6) is 0 Å². The Morgan fingerprint density at radius 1 is 1.07 bits per heavy atom. The van der Waals surface area contributed by atoms with Gasteiger partial charge in [-0.1, -0.05) is 24.3 Å². The van der Waals surface area contributed by atoms with Gasteiger partial charge >= 0.3 is 0 Å². The number of halogens is 1. The normalized spacial score (nSPS) is 16.8. The van der Waals surface area contributed by atoms with Crippen LogP contribution in [0.2, 0.25) is 0 Å². The first-order valence-electron chi connectivity index (χ1n) is 10.2.